The minimum absolute atomic E-state index is 0.278. The Bertz CT molecular complexity index is 580. The van der Waals surface area contributed by atoms with E-state index in [1.54, 1.807) is 0 Å². The Morgan fingerprint density at radius 1 is 0.808 bits per heavy atom. The molecular formula is C15H23N3O8. The van der Waals surface area contributed by atoms with Crippen LogP contribution >= 0.6 is 0 Å². The lowest BCUT2D eigenvalue weighted by Gasteiger charge is -2.04. The van der Waals surface area contributed by atoms with Gasteiger partial charge in [0.15, 0.2) is 0 Å². The van der Waals surface area contributed by atoms with Gasteiger partial charge in [-0.1, -0.05) is 30.3 Å². The van der Waals surface area contributed by atoms with E-state index < -0.39 is 42.4 Å². The number of carbonyl (C=O) groups is 4. The quantitative estimate of drug-likeness (QED) is 0.292. The van der Waals surface area contributed by atoms with E-state index in [1.807, 2.05) is 30.3 Å². The Kier molecular flexibility index (Phi) is 13.9. The van der Waals surface area contributed by atoms with Crippen LogP contribution in [0.5, 0.6) is 0 Å². The summed E-state index contributed by atoms with van der Waals surface area (Å²) < 4.78 is 0. The van der Waals surface area contributed by atoms with Crippen molar-refractivity contribution in [3.8, 4) is 0 Å². The number of benzene rings is 1. The second-order valence-electron chi connectivity index (χ2n) is 4.77. The highest BCUT2D eigenvalue weighted by molar-refractivity contribution is 5.80. The van der Waals surface area contributed by atoms with E-state index in [1.165, 1.54) is 0 Å². The predicted octanol–water partition coefficient (Wildman–Crippen LogP) is -1.46. The van der Waals surface area contributed by atoms with E-state index in [0.29, 0.717) is 6.42 Å². The molecule has 0 aliphatic heterocycles. The van der Waals surface area contributed by atoms with Gasteiger partial charge < -0.3 is 37.6 Å². The SMILES string of the molecule is NC(CC(=O)O)C(=O)O.NC(Cc1ccccc1)C(=O)O.NCC(=O)O. The van der Waals surface area contributed by atoms with E-state index in [-0.39, 0.29) is 6.54 Å². The van der Waals surface area contributed by atoms with Crippen molar-refractivity contribution < 1.29 is 39.6 Å². The van der Waals surface area contributed by atoms with E-state index in [2.05, 4.69) is 5.73 Å². The fourth-order valence-electron chi connectivity index (χ4n) is 1.23. The molecule has 0 aromatic heterocycles. The minimum atomic E-state index is -1.29. The van der Waals surface area contributed by atoms with E-state index in [9.17, 15) is 19.2 Å². The van der Waals surface area contributed by atoms with Gasteiger partial charge in [0.2, 0.25) is 0 Å². The summed E-state index contributed by atoms with van der Waals surface area (Å²) in [4.78, 5) is 39.2. The Morgan fingerprint density at radius 3 is 1.50 bits per heavy atom. The molecule has 0 spiro atoms. The predicted molar refractivity (Wildman–Crippen MR) is 90.3 cm³/mol. The second kappa shape index (κ2) is 14.3. The van der Waals surface area contributed by atoms with Crippen molar-refractivity contribution in [1.29, 1.82) is 0 Å². The third-order valence-electron chi connectivity index (χ3n) is 2.50. The van der Waals surface area contributed by atoms with Gasteiger partial charge in [0.25, 0.3) is 0 Å². The molecule has 0 fully saturated rings. The second-order valence-corrected chi connectivity index (χ2v) is 4.77. The number of rotatable bonds is 7. The van der Waals surface area contributed by atoms with Crippen molar-refractivity contribution >= 4 is 23.9 Å². The van der Waals surface area contributed by atoms with Crippen molar-refractivity contribution in [2.45, 2.75) is 24.9 Å². The fourth-order valence-corrected chi connectivity index (χ4v) is 1.23. The van der Waals surface area contributed by atoms with Gasteiger partial charge in [-0.05, 0) is 12.0 Å². The lowest BCUT2D eigenvalue weighted by molar-refractivity contribution is -0.144. The number of carboxylic acids is 4. The first-order chi connectivity index (χ1) is 12.0. The normalized spacial score (nSPS) is 11.5. The lowest BCUT2D eigenvalue weighted by Crippen LogP contribution is -2.32. The van der Waals surface area contributed by atoms with Crippen LogP contribution in [0.2, 0.25) is 0 Å². The first-order valence-electron chi connectivity index (χ1n) is 7.15. The van der Waals surface area contributed by atoms with Crippen molar-refractivity contribution in [1.82, 2.24) is 0 Å². The molecule has 146 valence electrons. The molecule has 2 atom stereocenters. The summed E-state index contributed by atoms with van der Waals surface area (Å²) in [6.45, 7) is -0.278. The highest BCUT2D eigenvalue weighted by atomic mass is 16.4. The van der Waals surface area contributed by atoms with Crippen LogP contribution in [0.3, 0.4) is 0 Å². The smallest absolute Gasteiger partial charge is 0.321 e. The van der Waals surface area contributed by atoms with Crippen LogP contribution in [0, 0.1) is 0 Å². The average Bonchev–Trinajstić information content (AvgIpc) is 2.56. The molecule has 26 heavy (non-hydrogen) atoms. The number of nitrogens with two attached hydrogens (primary N) is 3. The van der Waals surface area contributed by atoms with Gasteiger partial charge in [0.05, 0.1) is 13.0 Å². The van der Waals surface area contributed by atoms with Gasteiger partial charge in [0.1, 0.15) is 12.1 Å². The molecule has 0 radical (unpaired) electrons. The average molecular weight is 373 g/mol. The summed E-state index contributed by atoms with van der Waals surface area (Å²) in [6.07, 6.45) is -0.147. The molecule has 1 rings (SSSR count). The molecule has 0 bridgehead atoms. The highest BCUT2D eigenvalue weighted by Crippen LogP contribution is 2.01. The number of hydrogen-bond acceptors (Lipinski definition) is 7. The van der Waals surface area contributed by atoms with Crippen molar-refractivity contribution in [3.63, 3.8) is 0 Å². The zero-order chi connectivity index (χ0) is 20.7. The lowest BCUT2D eigenvalue weighted by atomic mass is 10.1. The van der Waals surface area contributed by atoms with Crippen LogP contribution in [-0.2, 0) is 25.6 Å². The minimum Gasteiger partial charge on any atom is -0.481 e. The highest BCUT2D eigenvalue weighted by Gasteiger charge is 2.14. The van der Waals surface area contributed by atoms with Crippen LogP contribution in [-0.4, -0.2) is 62.9 Å². The van der Waals surface area contributed by atoms with Gasteiger partial charge in [-0.3, -0.25) is 19.2 Å². The summed E-state index contributed by atoms with van der Waals surface area (Å²) in [5, 5.41) is 32.1. The van der Waals surface area contributed by atoms with Crippen LogP contribution < -0.4 is 17.2 Å². The molecule has 1 aromatic rings. The summed E-state index contributed by atoms with van der Waals surface area (Å²) in [6, 6.07) is 7.25. The maximum atomic E-state index is 10.4. The van der Waals surface area contributed by atoms with Crippen LogP contribution in [0.25, 0.3) is 0 Å². The van der Waals surface area contributed by atoms with Crippen LogP contribution in [0.1, 0.15) is 12.0 Å². The molecular weight excluding hydrogens is 350 g/mol. The summed E-state index contributed by atoms with van der Waals surface area (Å²) in [5.74, 6) is -4.42. The zero-order valence-electron chi connectivity index (χ0n) is 13.8. The third-order valence-corrected chi connectivity index (χ3v) is 2.50. The number of aliphatic carboxylic acids is 4. The first-order valence-corrected chi connectivity index (χ1v) is 7.15. The Morgan fingerprint density at radius 2 is 1.23 bits per heavy atom. The largest absolute Gasteiger partial charge is 0.481 e. The molecule has 11 nitrogen and oxygen atoms in total. The first kappa shape index (κ1) is 25.2. The summed E-state index contributed by atoms with van der Waals surface area (Å²) >= 11 is 0. The van der Waals surface area contributed by atoms with Gasteiger partial charge >= 0.3 is 23.9 Å². The zero-order valence-corrected chi connectivity index (χ0v) is 13.8. The molecule has 0 aliphatic rings. The van der Waals surface area contributed by atoms with Gasteiger partial charge in [0, 0.05) is 0 Å². The van der Waals surface area contributed by atoms with Crippen LogP contribution in [0.15, 0.2) is 30.3 Å². The summed E-state index contributed by atoms with van der Waals surface area (Å²) in [5.41, 5.74) is 15.7. The van der Waals surface area contributed by atoms with Gasteiger partial charge in [-0.25, -0.2) is 0 Å². The molecule has 11 heteroatoms. The number of hydrogen-bond donors (Lipinski definition) is 7. The van der Waals surface area contributed by atoms with E-state index >= 15 is 0 Å². The molecule has 0 saturated carbocycles. The Balaban J connectivity index is 0. The Labute approximate surface area is 149 Å². The van der Waals surface area contributed by atoms with E-state index in [0.717, 1.165) is 5.56 Å². The third kappa shape index (κ3) is 15.9. The Hall–Kier alpha value is -3.02. The number of carboxylic acid groups (broad SMARTS) is 4. The monoisotopic (exact) mass is 373 g/mol. The van der Waals surface area contributed by atoms with Crippen molar-refractivity contribution in [2.75, 3.05) is 6.54 Å². The molecule has 1 aromatic carbocycles. The van der Waals surface area contributed by atoms with Crippen LogP contribution in [0.4, 0.5) is 0 Å². The molecule has 0 aliphatic carbocycles. The van der Waals surface area contributed by atoms with Crippen molar-refractivity contribution in [3.05, 3.63) is 35.9 Å². The molecule has 2 unspecified atom stereocenters. The maximum absolute atomic E-state index is 10.4. The van der Waals surface area contributed by atoms with Gasteiger partial charge in [-0.15, -0.1) is 0 Å². The van der Waals surface area contributed by atoms with E-state index in [4.69, 9.17) is 31.9 Å². The molecule has 0 saturated heterocycles. The van der Waals surface area contributed by atoms with Crippen molar-refractivity contribution in [2.24, 2.45) is 17.2 Å². The topological polar surface area (TPSA) is 227 Å². The van der Waals surface area contributed by atoms with Gasteiger partial charge in [-0.2, -0.15) is 0 Å². The molecule has 10 N–H and O–H groups in total. The summed E-state index contributed by atoms with van der Waals surface area (Å²) in [7, 11) is 0. The molecule has 0 amide bonds. The standard InChI is InChI=1S/C9H11NO2.C4H7NO4.C2H5NO2/c10-8(9(11)12)6-7-4-2-1-3-5-7;5-2(4(8)9)1-3(6)7;3-1-2(4)5/h1-5,8H,6,10H2,(H,11,12);2H,1,5H2,(H,6,7)(H,8,9);1,3H2,(H,4,5). The fraction of sp³-hybridized carbons (Fsp3) is 0.333. The molecule has 0 heterocycles. The maximum Gasteiger partial charge on any atom is 0.321 e.